The Kier molecular flexibility index (Phi) is 2.98. The van der Waals surface area contributed by atoms with Crippen LogP contribution in [0.5, 0.6) is 0 Å². The lowest BCUT2D eigenvalue weighted by Gasteiger charge is -2.01. The molecule has 0 unspecified atom stereocenters. The van der Waals surface area contributed by atoms with Crippen LogP contribution in [0.1, 0.15) is 22.5 Å². The summed E-state index contributed by atoms with van der Waals surface area (Å²) in [6.07, 6.45) is 0. The summed E-state index contributed by atoms with van der Waals surface area (Å²) in [6.45, 7) is 8.28. The van der Waals surface area contributed by atoms with Crippen molar-refractivity contribution in [2.45, 2.75) is 27.7 Å². The molecule has 2 heterocycles. The summed E-state index contributed by atoms with van der Waals surface area (Å²) < 4.78 is 4.29. The topological polar surface area (TPSA) is 30.7 Å². The highest BCUT2D eigenvalue weighted by atomic mass is 79.9. The van der Waals surface area contributed by atoms with Gasteiger partial charge in [0.15, 0.2) is 0 Å². The molecule has 98 valence electrons. The monoisotopic (exact) mass is 335 g/mol. The summed E-state index contributed by atoms with van der Waals surface area (Å²) in [5.41, 5.74) is 5.65. The van der Waals surface area contributed by atoms with Crippen LogP contribution < -0.4 is 0 Å². The summed E-state index contributed by atoms with van der Waals surface area (Å²) in [7, 11) is 0. The number of benzene rings is 1. The van der Waals surface area contributed by atoms with Crippen molar-refractivity contribution >= 4 is 37.5 Å². The highest BCUT2D eigenvalue weighted by Crippen LogP contribution is 2.34. The number of halogens is 1. The molecule has 0 atom stereocenters. The van der Waals surface area contributed by atoms with Gasteiger partial charge in [0.1, 0.15) is 0 Å². The van der Waals surface area contributed by atoms with Gasteiger partial charge in [0, 0.05) is 10.2 Å². The van der Waals surface area contributed by atoms with Crippen LogP contribution >= 0.6 is 27.3 Å². The Morgan fingerprint density at radius 2 is 1.89 bits per heavy atom. The fraction of sp³-hybridized carbons (Fsp3) is 0.286. The number of hydrogen-bond acceptors (Lipinski definition) is 3. The van der Waals surface area contributed by atoms with Crippen molar-refractivity contribution < 1.29 is 0 Å². The van der Waals surface area contributed by atoms with E-state index in [0.29, 0.717) is 0 Å². The van der Waals surface area contributed by atoms with Gasteiger partial charge in [-0.1, -0.05) is 27.3 Å². The van der Waals surface area contributed by atoms with E-state index in [0.717, 1.165) is 26.5 Å². The van der Waals surface area contributed by atoms with Gasteiger partial charge >= 0.3 is 0 Å². The van der Waals surface area contributed by atoms with Crippen LogP contribution in [0.3, 0.4) is 0 Å². The Balaban J connectivity index is 2.30. The lowest BCUT2D eigenvalue weighted by molar-refractivity contribution is 0.827. The highest BCUT2D eigenvalue weighted by Gasteiger charge is 2.14. The number of thiazole rings is 1. The first-order chi connectivity index (χ1) is 8.97. The van der Waals surface area contributed by atoms with Gasteiger partial charge in [-0.15, -0.1) is 0 Å². The van der Waals surface area contributed by atoms with Crippen LogP contribution in [0, 0.1) is 27.7 Å². The van der Waals surface area contributed by atoms with Crippen LogP contribution in [0.2, 0.25) is 0 Å². The molecule has 0 aliphatic heterocycles. The zero-order chi connectivity index (χ0) is 13.7. The Morgan fingerprint density at radius 3 is 2.53 bits per heavy atom. The molecule has 5 heteroatoms. The number of hydrogen-bond donors (Lipinski definition) is 0. The van der Waals surface area contributed by atoms with Crippen LogP contribution in [0.25, 0.3) is 15.3 Å². The van der Waals surface area contributed by atoms with Crippen molar-refractivity contribution in [2.75, 3.05) is 0 Å². The minimum Gasteiger partial charge on any atom is -0.218 e. The molecule has 0 spiro atoms. The first-order valence-electron chi connectivity index (χ1n) is 6.07. The van der Waals surface area contributed by atoms with Crippen LogP contribution in [-0.4, -0.2) is 14.8 Å². The first-order valence-corrected chi connectivity index (χ1v) is 7.68. The van der Waals surface area contributed by atoms with Gasteiger partial charge < -0.3 is 0 Å². The number of aryl methyl sites for hydroxylation is 4. The molecule has 3 aromatic rings. The van der Waals surface area contributed by atoms with Crippen LogP contribution in [-0.2, 0) is 0 Å². The molecule has 0 bridgehead atoms. The molecule has 0 N–H and O–H groups in total. The van der Waals surface area contributed by atoms with E-state index >= 15 is 0 Å². The summed E-state index contributed by atoms with van der Waals surface area (Å²) >= 11 is 5.30. The number of rotatable bonds is 1. The summed E-state index contributed by atoms with van der Waals surface area (Å²) in [6, 6.07) is 4.20. The fourth-order valence-corrected chi connectivity index (χ4v) is 4.05. The average molecular weight is 336 g/mol. The molecule has 2 aromatic heterocycles. The molecule has 19 heavy (non-hydrogen) atoms. The van der Waals surface area contributed by atoms with Gasteiger partial charge in [-0.25, -0.2) is 9.67 Å². The summed E-state index contributed by atoms with van der Waals surface area (Å²) in [5, 5.41) is 5.45. The standard InChI is InChI=1S/C14H14BrN3S/c1-7-5-11(15)10(4)13-12(7)16-14(19-13)18-9(3)6-8(2)17-18/h5-6H,1-4H3. The van der Waals surface area contributed by atoms with Crippen LogP contribution in [0.15, 0.2) is 16.6 Å². The summed E-state index contributed by atoms with van der Waals surface area (Å²) in [5.74, 6) is 0. The van der Waals surface area contributed by atoms with E-state index in [1.165, 1.54) is 15.8 Å². The molecule has 3 nitrogen and oxygen atoms in total. The Hall–Kier alpha value is -1.20. The maximum Gasteiger partial charge on any atom is 0.211 e. The minimum absolute atomic E-state index is 0.935. The van der Waals surface area contributed by atoms with E-state index in [-0.39, 0.29) is 0 Å². The Bertz CT molecular complexity index is 786. The largest absolute Gasteiger partial charge is 0.218 e. The third kappa shape index (κ3) is 2.01. The van der Waals surface area contributed by atoms with E-state index in [4.69, 9.17) is 4.98 Å². The molecule has 0 fully saturated rings. The van der Waals surface area contributed by atoms with Gasteiger partial charge in [0.2, 0.25) is 5.13 Å². The molecule has 0 aliphatic rings. The first kappa shape index (κ1) is 12.8. The second-order valence-corrected chi connectivity index (χ2v) is 6.65. The molecule has 0 amide bonds. The van der Waals surface area contributed by atoms with Crippen molar-refractivity contribution in [1.82, 2.24) is 14.8 Å². The fourth-order valence-electron chi connectivity index (χ4n) is 2.22. The van der Waals surface area contributed by atoms with E-state index in [1.54, 1.807) is 11.3 Å². The molecule has 0 saturated heterocycles. The van der Waals surface area contributed by atoms with Gasteiger partial charge in [-0.3, -0.25) is 0 Å². The van der Waals surface area contributed by atoms with Gasteiger partial charge in [0.05, 0.1) is 15.9 Å². The Labute approximate surface area is 124 Å². The molecule has 3 rings (SSSR count). The van der Waals surface area contributed by atoms with E-state index in [2.05, 4.69) is 53.9 Å². The quantitative estimate of drug-likeness (QED) is 0.656. The zero-order valence-corrected chi connectivity index (χ0v) is 13.7. The van der Waals surface area contributed by atoms with Gasteiger partial charge in [-0.2, -0.15) is 5.10 Å². The second kappa shape index (κ2) is 4.42. The molecular formula is C14H14BrN3S. The smallest absolute Gasteiger partial charge is 0.211 e. The number of nitrogens with zero attached hydrogens (tertiary/aromatic N) is 3. The normalized spacial score (nSPS) is 11.4. The van der Waals surface area contributed by atoms with E-state index in [9.17, 15) is 0 Å². The van der Waals surface area contributed by atoms with Crippen LogP contribution in [0.4, 0.5) is 0 Å². The highest BCUT2D eigenvalue weighted by molar-refractivity contribution is 9.10. The van der Waals surface area contributed by atoms with Crippen molar-refractivity contribution in [2.24, 2.45) is 0 Å². The lowest BCUT2D eigenvalue weighted by atomic mass is 10.1. The predicted molar refractivity (Wildman–Crippen MR) is 83.4 cm³/mol. The third-order valence-corrected chi connectivity index (χ3v) is 5.20. The molecule has 0 radical (unpaired) electrons. The van der Waals surface area contributed by atoms with E-state index in [1.807, 2.05) is 11.6 Å². The Morgan fingerprint density at radius 1 is 1.16 bits per heavy atom. The van der Waals surface area contributed by atoms with Gasteiger partial charge in [0.25, 0.3) is 0 Å². The zero-order valence-electron chi connectivity index (χ0n) is 11.3. The van der Waals surface area contributed by atoms with Crippen molar-refractivity contribution in [3.8, 4) is 5.13 Å². The molecule has 1 aromatic carbocycles. The minimum atomic E-state index is 0.935. The van der Waals surface area contributed by atoms with Gasteiger partial charge in [-0.05, 0) is 51.0 Å². The second-order valence-electron chi connectivity index (χ2n) is 4.81. The maximum atomic E-state index is 4.76. The van der Waals surface area contributed by atoms with Crippen molar-refractivity contribution in [3.05, 3.63) is 39.1 Å². The molecular weight excluding hydrogens is 322 g/mol. The van der Waals surface area contributed by atoms with Crippen molar-refractivity contribution in [3.63, 3.8) is 0 Å². The summed E-state index contributed by atoms with van der Waals surface area (Å²) in [4.78, 5) is 4.76. The number of aromatic nitrogens is 3. The average Bonchev–Trinajstić information content (AvgIpc) is 2.90. The SMILES string of the molecule is Cc1cc(C)n(-c2nc3c(C)cc(Br)c(C)c3s2)n1. The predicted octanol–water partition coefficient (Wildman–Crippen LogP) is 4.48. The maximum absolute atomic E-state index is 4.76. The lowest BCUT2D eigenvalue weighted by Crippen LogP contribution is -1.97. The molecule has 0 saturated carbocycles. The number of fused-ring (bicyclic) bond motifs is 1. The third-order valence-electron chi connectivity index (χ3n) is 3.22. The molecule has 0 aliphatic carbocycles. The van der Waals surface area contributed by atoms with E-state index < -0.39 is 0 Å². The van der Waals surface area contributed by atoms with Crippen molar-refractivity contribution in [1.29, 1.82) is 0 Å².